The first kappa shape index (κ1) is 14.5. The summed E-state index contributed by atoms with van der Waals surface area (Å²) in [5.41, 5.74) is 2.36. The van der Waals surface area contributed by atoms with E-state index in [1.165, 1.54) is 24.8 Å². The van der Waals surface area contributed by atoms with Crippen molar-refractivity contribution in [2.45, 2.75) is 58.9 Å². The second-order valence-electron chi connectivity index (χ2n) is 6.73. The molecular formula is C17H26FN. The van der Waals surface area contributed by atoms with E-state index < -0.39 is 0 Å². The molecule has 0 aliphatic heterocycles. The molecule has 0 amide bonds. The summed E-state index contributed by atoms with van der Waals surface area (Å²) in [6, 6.07) is 6.29. The molecule has 1 aromatic rings. The maximum absolute atomic E-state index is 13.2. The van der Waals surface area contributed by atoms with Crippen molar-refractivity contribution >= 4 is 0 Å². The third kappa shape index (κ3) is 4.94. The topological polar surface area (TPSA) is 12.0 Å². The van der Waals surface area contributed by atoms with E-state index in [0.717, 1.165) is 31.0 Å². The summed E-state index contributed by atoms with van der Waals surface area (Å²) in [5, 5.41) is 3.58. The lowest BCUT2D eigenvalue weighted by molar-refractivity contribution is 0.302. The van der Waals surface area contributed by atoms with Gasteiger partial charge in [0.05, 0.1) is 0 Å². The van der Waals surface area contributed by atoms with Crippen LogP contribution in [0.25, 0.3) is 0 Å². The van der Waals surface area contributed by atoms with E-state index in [1.807, 2.05) is 19.1 Å². The lowest BCUT2D eigenvalue weighted by Crippen LogP contribution is -2.24. The minimum Gasteiger partial charge on any atom is -0.314 e. The summed E-state index contributed by atoms with van der Waals surface area (Å²) < 4.78 is 13.2. The molecule has 0 bridgehead atoms. The SMILES string of the molecule is Cc1cc(CCC(C)(C)CCNC2CC2)ccc1F. The largest absolute Gasteiger partial charge is 0.314 e. The minimum absolute atomic E-state index is 0.100. The van der Waals surface area contributed by atoms with Gasteiger partial charge in [-0.25, -0.2) is 4.39 Å². The van der Waals surface area contributed by atoms with Gasteiger partial charge in [0.25, 0.3) is 0 Å². The van der Waals surface area contributed by atoms with Gasteiger partial charge in [0, 0.05) is 6.04 Å². The first-order valence-corrected chi connectivity index (χ1v) is 7.45. The molecular weight excluding hydrogens is 237 g/mol. The van der Waals surface area contributed by atoms with E-state index in [0.29, 0.717) is 5.41 Å². The summed E-state index contributed by atoms with van der Waals surface area (Å²) in [7, 11) is 0. The lowest BCUT2D eigenvalue weighted by Gasteiger charge is -2.25. The number of halogens is 1. The molecule has 0 aromatic heterocycles. The number of hydrogen-bond donors (Lipinski definition) is 1. The fourth-order valence-electron chi connectivity index (χ4n) is 2.37. The fraction of sp³-hybridized carbons (Fsp3) is 0.647. The summed E-state index contributed by atoms with van der Waals surface area (Å²) in [4.78, 5) is 0. The van der Waals surface area contributed by atoms with Crippen LogP contribution < -0.4 is 5.32 Å². The Bertz CT molecular complexity index is 421. The van der Waals surface area contributed by atoms with Crippen molar-refractivity contribution in [3.05, 3.63) is 35.1 Å². The van der Waals surface area contributed by atoms with Gasteiger partial charge in [-0.15, -0.1) is 0 Å². The number of hydrogen-bond acceptors (Lipinski definition) is 1. The first-order chi connectivity index (χ1) is 8.96. The fourth-order valence-corrected chi connectivity index (χ4v) is 2.37. The Hall–Kier alpha value is -0.890. The van der Waals surface area contributed by atoms with Gasteiger partial charge in [-0.2, -0.15) is 0 Å². The van der Waals surface area contributed by atoms with Crippen LogP contribution in [0, 0.1) is 18.2 Å². The van der Waals surface area contributed by atoms with Gasteiger partial charge in [-0.1, -0.05) is 26.0 Å². The molecule has 2 rings (SSSR count). The quantitative estimate of drug-likeness (QED) is 0.776. The molecule has 1 nitrogen and oxygen atoms in total. The molecule has 19 heavy (non-hydrogen) atoms. The zero-order valence-electron chi connectivity index (χ0n) is 12.4. The van der Waals surface area contributed by atoms with E-state index >= 15 is 0 Å². The first-order valence-electron chi connectivity index (χ1n) is 7.45. The van der Waals surface area contributed by atoms with Gasteiger partial charge < -0.3 is 5.32 Å². The van der Waals surface area contributed by atoms with Crippen LogP contribution in [0.15, 0.2) is 18.2 Å². The summed E-state index contributed by atoms with van der Waals surface area (Å²) in [6.45, 7) is 7.62. The maximum Gasteiger partial charge on any atom is 0.126 e. The van der Waals surface area contributed by atoms with Gasteiger partial charge in [0.1, 0.15) is 5.82 Å². The van der Waals surface area contributed by atoms with Crippen molar-refractivity contribution in [1.82, 2.24) is 5.32 Å². The van der Waals surface area contributed by atoms with Gasteiger partial charge in [-0.05, 0) is 68.2 Å². The van der Waals surface area contributed by atoms with E-state index in [2.05, 4.69) is 19.2 Å². The Morgan fingerprint density at radius 2 is 2.00 bits per heavy atom. The third-order valence-corrected chi connectivity index (χ3v) is 4.12. The average Bonchev–Trinajstić information content (AvgIpc) is 3.15. The smallest absolute Gasteiger partial charge is 0.126 e. The second kappa shape index (κ2) is 6.04. The maximum atomic E-state index is 13.2. The Kier molecular flexibility index (Phi) is 4.62. The molecule has 0 heterocycles. The van der Waals surface area contributed by atoms with Crippen molar-refractivity contribution in [2.24, 2.45) is 5.41 Å². The molecule has 1 fully saturated rings. The summed E-state index contributed by atoms with van der Waals surface area (Å²) in [6.07, 6.45) is 6.12. The number of nitrogens with one attached hydrogen (secondary N) is 1. The van der Waals surface area contributed by atoms with Crippen LogP contribution in [-0.4, -0.2) is 12.6 Å². The predicted octanol–water partition coefficient (Wildman–Crippen LogP) is 4.24. The molecule has 0 atom stereocenters. The normalized spacial score (nSPS) is 15.8. The van der Waals surface area contributed by atoms with Gasteiger partial charge in [0.15, 0.2) is 0 Å². The standard InChI is InChI=1S/C17H26FN/c1-13-12-14(4-7-16(13)18)8-9-17(2,3)10-11-19-15-5-6-15/h4,7,12,15,19H,5-6,8-11H2,1-3H3. The van der Waals surface area contributed by atoms with Crippen LogP contribution in [0.1, 0.15) is 50.7 Å². The third-order valence-electron chi connectivity index (χ3n) is 4.12. The average molecular weight is 263 g/mol. The van der Waals surface area contributed by atoms with Crippen LogP contribution in [0.5, 0.6) is 0 Å². The molecule has 2 heteroatoms. The lowest BCUT2D eigenvalue weighted by atomic mass is 9.83. The molecule has 1 aromatic carbocycles. The van der Waals surface area contributed by atoms with E-state index in [1.54, 1.807) is 6.07 Å². The van der Waals surface area contributed by atoms with Crippen molar-refractivity contribution in [3.63, 3.8) is 0 Å². The monoisotopic (exact) mass is 263 g/mol. The highest BCUT2D eigenvalue weighted by Gasteiger charge is 2.22. The zero-order chi connectivity index (χ0) is 13.9. The van der Waals surface area contributed by atoms with Gasteiger partial charge in [-0.3, -0.25) is 0 Å². The Morgan fingerprint density at radius 1 is 1.26 bits per heavy atom. The van der Waals surface area contributed by atoms with Crippen LogP contribution in [0.2, 0.25) is 0 Å². The summed E-state index contributed by atoms with van der Waals surface area (Å²) in [5.74, 6) is -0.100. The van der Waals surface area contributed by atoms with Crippen LogP contribution >= 0.6 is 0 Å². The highest BCUT2D eigenvalue weighted by Crippen LogP contribution is 2.28. The van der Waals surface area contributed by atoms with Gasteiger partial charge >= 0.3 is 0 Å². The molecule has 1 aliphatic carbocycles. The molecule has 1 N–H and O–H groups in total. The highest BCUT2D eigenvalue weighted by atomic mass is 19.1. The number of benzene rings is 1. The van der Waals surface area contributed by atoms with Crippen LogP contribution in [0.3, 0.4) is 0 Å². The second-order valence-corrected chi connectivity index (χ2v) is 6.73. The Labute approximate surface area is 116 Å². The van der Waals surface area contributed by atoms with Crippen LogP contribution in [0.4, 0.5) is 4.39 Å². The van der Waals surface area contributed by atoms with Crippen LogP contribution in [-0.2, 0) is 6.42 Å². The molecule has 0 spiro atoms. The zero-order valence-corrected chi connectivity index (χ0v) is 12.4. The van der Waals surface area contributed by atoms with E-state index in [9.17, 15) is 4.39 Å². The number of aryl methyl sites for hydroxylation is 2. The minimum atomic E-state index is -0.100. The van der Waals surface area contributed by atoms with Crippen molar-refractivity contribution in [1.29, 1.82) is 0 Å². The van der Waals surface area contributed by atoms with Gasteiger partial charge in [0.2, 0.25) is 0 Å². The predicted molar refractivity (Wildman–Crippen MR) is 78.9 cm³/mol. The van der Waals surface area contributed by atoms with E-state index in [4.69, 9.17) is 0 Å². The highest BCUT2D eigenvalue weighted by molar-refractivity contribution is 5.24. The van der Waals surface area contributed by atoms with Crippen molar-refractivity contribution in [2.75, 3.05) is 6.54 Å². The Balaban J connectivity index is 1.76. The molecule has 106 valence electrons. The number of rotatable bonds is 7. The molecule has 1 saturated carbocycles. The molecule has 0 radical (unpaired) electrons. The van der Waals surface area contributed by atoms with E-state index in [-0.39, 0.29) is 5.82 Å². The van der Waals surface area contributed by atoms with Crippen molar-refractivity contribution < 1.29 is 4.39 Å². The van der Waals surface area contributed by atoms with Crippen molar-refractivity contribution in [3.8, 4) is 0 Å². The molecule has 0 saturated heterocycles. The molecule has 1 aliphatic rings. The molecule has 0 unspecified atom stereocenters. The summed E-state index contributed by atoms with van der Waals surface area (Å²) >= 11 is 0. The Morgan fingerprint density at radius 3 is 2.63 bits per heavy atom.